The molecule has 0 saturated heterocycles. The van der Waals surface area contributed by atoms with Crippen LogP contribution in [-0.4, -0.2) is 46.9 Å². The van der Waals surface area contributed by atoms with Gasteiger partial charge in [0.2, 0.25) is 5.91 Å². The summed E-state index contributed by atoms with van der Waals surface area (Å²) in [5.74, 6) is -0.546. The molecule has 0 spiro atoms. The monoisotopic (exact) mass is 824 g/mol. The van der Waals surface area contributed by atoms with Crippen molar-refractivity contribution in [3.63, 3.8) is 0 Å². The molecular formula is C53H93NO5. The molecule has 0 aromatic carbocycles. The molecule has 340 valence electrons. The molecule has 59 heavy (non-hydrogen) atoms. The van der Waals surface area contributed by atoms with E-state index in [1.54, 1.807) is 0 Å². The highest BCUT2D eigenvalue weighted by Gasteiger charge is 2.24. The predicted molar refractivity (Wildman–Crippen MR) is 255 cm³/mol. The van der Waals surface area contributed by atoms with E-state index in [4.69, 9.17) is 4.74 Å². The number of amides is 1. The quantitative estimate of drug-likeness (QED) is 0.0246. The number of unbranched alkanes of at least 4 members (excludes halogenated alkanes) is 20. The van der Waals surface area contributed by atoms with Crippen LogP contribution in [0.4, 0.5) is 0 Å². The minimum atomic E-state index is -0.805. The second kappa shape index (κ2) is 46.4. The number of carbonyl (C=O) groups is 2. The molecule has 3 atom stereocenters. The van der Waals surface area contributed by atoms with Crippen molar-refractivity contribution in [1.82, 2.24) is 5.32 Å². The van der Waals surface area contributed by atoms with E-state index >= 15 is 0 Å². The Kier molecular flexibility index (Phi) is 44.2. The van der Waals surface area contributed by atoms with Gasteiger partial charge in [-0.3, -0.25) is 9.59 Å². The zero-order valence-electron chi connectivity index (χ0n) is 38.6. The molecule has 6 heteroatoms. The molecule has 0 fully saturated rings. The van der Waals surface area contributed by atoms with Crippen LogP contribution in [0.2, 0.25) is 0 Å². The molecule has 0 heterocycles. The van der Waals surface area contributed by atoms with Crippen molar-refractivity contribution in [3.05, 3.63) is 72.9 Å². The lowest BCUT2D eigenvalue weighted by Gasteiger charge is -2.24. The molecule has 0 aliphatic rings. The molecule has 1 amide bonds. The fourth-order valence-corrected chi connectivity index (χ4v) is 7.06. The lowest BCUT2D eigenvalue weighted by Crippen LogP contribution is -2.46. The van der Waals surface area contributed by atoms with Gasteiger partial charge in [-0.1, -0.05) is 203 Å². The summed E-state index contributed by atoms with van der Waals surface area (Å²) in [7, 11) is 0. The van der Waals surface area contributed by atoms with Crippen LogP contribution in [0, 0.1) is 0 Å². The van der Waals surface area contributed by atoms with E-state index in [-0.39, 0.29) is 24.9 Å². The summed E-state index contributed by atoms with van der Waals surface area (Å²) in [4.78, 5) is 26.1. The molecule has 0 aliphatic carbocycles. The fourth-order valence-electron chi connectivity index (χ4n) is 7.06. The Morgan fingerprint density at radius 2 is 0.983 bits per heavy atom. The van der Waals surface area contributed by atoms with Crippen molar-refractivity contribution in [2.24, 2.45) is 0 Å². The molecule has 0 aromatic rings. The number of carbonyl (C=O) groups excluding carboxylic acids is 2. The number of allylic oxidation sites excluding steroid dienone is 12. The predicted octanol–water partition coefficient (Wildman–Crippen LogP) is 14.6. The Morgan fingerprint density at radius 1 is 0.525 bits per heavy atom. The van der Waals surface area contributed by atoms with Gasteiger partial charge in [-0.05, 0) is 83.5 Å². The van der Waals surface area contributed by atoms with Gasteiger partial charge in [0.1, 0.15) is 6.10 Å². The standard InChI is InChI=1S/C53H93NO5/c1-4-7-10-13-16-19-22-24-26-28-31-34-37-40-43-46-53(58)59-49(44-41-38-35-32-30-27-25-23-20-17-14-11-8-5-2)47-52(57)54-50(48-55)51(56)45-42-39-36-33-29-21-18-15-12-9-6-3/h8,11,16-17,19-20,22,24-25,27,32,35,49-51,55-56H,4-7,9-10,12-15,18,21,23,26,28-31,33-34,36-48H2,1-3H3,(H,54,57)/b11-8+,19-16+,20-17+,24-22+,27-25+,35-32+. The number of aliphatic hydroxyl groups is 2. The van der Waals surface area contributed by atoms with E-state index in [0.29, 0.717) is 19.3 Å². The lowest BCUT2D eigenvalue weighted by molar-refractivity contribution is -0.151. The molecule has 0 rings (SSSR count). The van der Waals surface area contributed by atoms with Crippen LogP contribution in [0.1, 0.15) is 226 Å². The van der Waals surface area contributed by atoms with Gasteiger partial charge in [0.05, 0.1) is 25.2 Å². The highest BCUT2D eigenvalue weighted by molar-refractivity contribution is 5.77. The molecule has 3 unspecified atom stereocenters. The lowest BCUT2D eigenvalue weighted by atomic mass is 10.0. The third-order valence-corrected chi connectivity index (χ3v) is 10.8. The fraction of sp³-hybridized carbons (Fsp3) is 0.736. The number of rotatable bonds is 43. The molecule has 3 N–H and O–H groups in total. The number of aliphatic hydroxyl groups excluding tert-OH is 2. The summed E-state index contributed by atoms with van der Waals surface area (Å²) in [6.45, 7) is 6.30. The average molecular weight is 824 g/mol. The normalized spacial score (nSPS) is 13.9. The third-order valence-electron chi connectivity index (χ3n) is 10.8. The van der Waals surface area contributed by atoms with Gasteiger partial charge in [-0.25, -0.2) is 0 Å². The summed E-state index contributed by atoms with van der Waals surface area (Å²) in [5.41, 5.74) is 0. The second-order valence-electron chi connectivity index (χ2n) is 16.5. The Balaban J connectivity index is 4.71. The van der Waals surface area contributed by atoms with E-state index in [2.05, 4.69) is 99.0 Å². The Bertz CT molecular complexity index is 1110. The summed E-state index contributed by atoms with van der Waals surface area (Å²) >= 11 is 0. The molecule has 0 saturated carbocycles. The minimum absolute atomic E-state index is 0.0324. The van der Waals surface area contributed by atoms with Crippen LogP contribution in [-0.2, 0) is 14.3 Å². The Morgan fingerprint density at radius 3 is 1.54 bits per heavy atom. The van der Waals surface area contributed by atoms with E-state index in [9.17, 15) is 19.8 Å². The maximum atomic E-state index is 13.2. The maximum Gasteiger partial charge on any atom is 0.306 e. The number of hydrogen-bond donors (Lipinski definition) is 3. The van der Waals surface area contributed by atoms with Gasteiger partial charge in [0, 0.05) is 6.42 Å². The Hall–Kier alpha value is -2.70. The highest BCUT2D eigenvalue weighted by atomic mass is 16.5. The average Bonchev–Trinajstić information content (AvgIpc) is 3.23. The second-order valence-corrected chi connectivity index (χ2v) is 16.5. The van der Waals surface area contributed by atoms with Crippen LogP contribution >= 0.6 is 0 Å². The van der Waals surface area contributed by atoms with Crippen LogP contribution in [0.25, 0.3) is 0 Å². The van der Waals surface area contributed by atoms with Crippen LogP contribution < -0.4 is 5.32 Å². The smallest absolute Gasteiger partial charge is 0.306 e. The zero-order valence-corrected chi connectivity index (χ0v) is 38.6. The first kappa shape index (κ1) is 56.3. The molecule has 6 nitrogen and oxygen atoms in total. The molecular weight excluding hydrogens is 731 g/mol. The summed E-state index contributed by atoms with van der Waals surface area (Å²) in [6.07, 6.45) is 58.2. The van der Waals surface area contributed by atoms with Crippen LogP contribution in [0.15, 0.2) is 72.9 Å². The van der Waals surface area contributed by atoms with Crippen molar-refractivity contribution in [2.75, 3.05) is 6.61 Å². The summed E-state index contributed by atoms with van der Waals surface area (Å²) in [5, 5.41) is 23.7. The maximum absolute atomic E-state index is 13.2. The molecule has 0 radical (unpaired) electrons. The summed E-state index contributed by atoms with van der Waals surface area (Å²) < 4.78 is 5.89. The highest BCUT2D eigenvalue weighted by Crippen LogP contribution is 2.16. The Labute approximate surface area is 364 Å². The van der Waals surface area contributed by atoms with Crippen molar-refractivity contribution in [2.45, 2.75) is 244 Å². The van der Waals surface area contributed by atoms with Crippen molar-refractivity contribution >= 4 is 11.9 Å². The van der Waals surface area contributed by atoms with Crippen LogP contribution in [0.3, 0.4) is 0 Å². The number of hydrogen-bond acceptors (Lipinski definition) is 5. The zero-order chi connectivity index (χ0) is 43.1. The molecule has 0 aliphatic heterocycles. The van der Waals surface area contributed by atoms with Gasteiger partial charge in [-0.2, -0.15) is 0 Å². The first-order chi connectivity index (χ1) is 29.0. The van der Waals surface area contributed by atoms with E-state index in [0.717, 1.165) is 83.5 Å². The third kappa shape index (κ3) is 41.8. The summed E-state index contributed by atoms with van der Waals surface area (Å²) in [6, 6.07) is -0.723. The number of esters is 1. The van der Waals surface area contributed by atoms with Gasteiger partial charge in [-0.15, -0.1) is 0 Å². The van der Waals surface area contributed by atoms with Gasteiger partial charge < -0.3 is 20.3 Å². The SMILES string of the molecule is CC/C=C/C/C=C/C/C=C/C/C=C/CCCC(CC(=O)NC(CO)C(O)CCCCCCCCCCCCC)OC(=O)CCCCCCCC/C=C/C=C/CCCCC. The van der Waals surface area contributed by atoms with E-state index < -0.39 is 18.2 Å². The molecule has 0 bridgehead atoms. The first-order valence-corrected chi connectivity index (χ1v) is 24.7. The van der Waals surface area contributed by atoms with Crippen molar-refractivity contribution in [1.29, 1.82) is 0 Å². The minimum Gasteiger partial charge on any atom is -0.462 e. The molecule has 0 aromatic heterocycles. The van der Waals surface area contributed by atoms with Gasteiger partial charge >= 0.3 is 5.97 Å². The van der Waals surface area contributed by atoms with E-state index in [1.165, 1.54) is 96.3 Å². The number of ether oxygens (including phenoxy) is 1. The first-order valence-electron chi connectivity index (χ1n) is 24.7. The van der Waals surface area contributed by atoms with Crippen LogP contribution in [0.5, 0.6) is 0 Å². The van der Waals surface area contributed by atoms with Crippen molar-refractivity contribution < 1.29 is 24.5 Å². The van der Waals surface area contributed by atoms with Gasteiger partial charge in [0.25, 0.3) is 0 Å². The van der Waals surface area contributed by atoms with Gasteiger partial charge in [0.15, 0.2) is 0 Å². The van der Waals surface area contributed by atoms with E-state index in [1.807, 2.05) is 0 Å². The van der Waals surface area contributed by atoms with Crippen molar-refractivity contribution in [3.8, 4) is 0 Å². The topological polar surface area (TPSA) is 95.9 Å². The largest absolute Gasteiger partial charge is 0.462 e. The number of nitrogens with one attached hydrogen (secondary N) is 1.